The molecule has 1 rings (SSSR count). The van der Waals surface area contributed by atoms with Crippen molar-refractivity contribution in [1.82, 2.24) is 0 Å². The fraction of sp³-hybridized carbons (Fsp3) is 1.00. The number of hydrogen-bond donors (Lipinski definition) is 0. The topological polar surface area (TPSA) is 17.1 Å². The first-order chi connectivity index (χ1) is 3.30. The van der Waals surface area contributed by atoms with E-state index in [1.165, 1.54) is 0 Å². The van der Waals surface area contributed by atoms with Crippen molar-refractivity contribution >= 4 is 19.4 Å². The average molecular weight is 139 g/mol. The summed E-state index contributed by atoms with van der Waals surface area (Å²) in [5, 5.41) is 0.0324. The van der Waals surface area contributed by atoms with Gasteiger partial charge in [-0.3, -0.25) is 0 Å². The summed E-state index contributed by atoms with van der Waals surface area (Å²) in [5.74, 6) is 0. The first kappa shape index (κ1) is 5.65. The molecule has 0 amide bonds. The van der Waals surface area contributed by atoms with Gasteiger partial charge in [-0.15, -0.1) is 11.6 Å². The maximum Gasteiger partial charge on any atom is 0.0932 e. The summed E-state index contributed by atoms with van der Waals surface area (Å²) < 4.78 is 10.6. The van der Waals surface area contributed by atoms with Crippen molar-refractivity contribution in [1.29, 1.82) is 0 Å². The smallest absolute Gasteiger partial charge is 0.0932 e. The SMILES string of the molecule is O=[PH]1CCCC1Cl. The molecule has 7 heavy (non-hydrogen) atoms. The van der Waals surface area contributed by atoms with Crippen molar-refractivity contribution in [3.63, 3.8) is 0 Å². The molecule has 1 nitrogen and oxygen atoms in total. The van der Waals surface area contributed by atoms with E-state index in [0.29, 0.717) is 0 Å². The summed E-state index contributed by atoms with van der Waals surface area (Å²) in [5.41, 5.74) is 0. The van der Waals surface area contributed by atoms with E-state index >= 15 is 0 Å². The highest BCUT2D eigenvalue weighted by Gasteiger charge is 2.18. The second-order valence-electron chi connectivity index (χ2n) is 1.83. The standard InChI is InChI=1S/C4H8ClOP/c5-4-2-1-3-7(4)6/h4,7H,1-3H2. The van der Waals surface area contributed by atoms with Crippen molar-refractivity contribution in [3.8, 4) is 0 Å². The molecule has 0 aromatic heterocycles. The lowest BCUT2D eigenvalue weighted by Gasteiger charge is -1.90. The molecule has 3 heteroatoms. The summed E-state index contributed by atoms with van der Waals surface area (Å²) >= 11 is 5.60. The Hall–Kier alpha value is 0.520. The van der Waals surface area contributed by atoms with Crippen LogP contribution in [0.2, 0.25) is 0 Å². The van der Waals surface area contributed by atoms with Crippen LogP contribution in [0.5, 0.6) is 0 Å². The van der Waals surface area contributed by atoms with Crippen molar-refractivity contribution < 1.29 is 4.57 Å². The van der Waals surface area contributed by atoms with Crippen LogP contribution >= 0.6 is 19.4 Å². The highest BCUT2D eigenvalue weighted by atomic mass is 35.5. The van der Waals surface area contributed by atoms with Gasteiger partial charge >= 0.3 is 0 Å². The van der Waals surface area contributed by atoms with Crippen LogP contribution in [0.15, 0.2) is 0 Å². The van der Waals surface area contributed by atoms with Crippen LogP contribution in [0.25, 0.3) is 0 Å². The van der Waals surface area contributed by atoms with Crippen molar-refractivity contribution in [2.75, 3.05) is 6.16 Å². The third-order valence-corrected chi connectivity index (χ3v) is 4.01. The predicted molar refractivity (Wildman–Crippen MR) is 32.7 cm³/mol. The fourth-order valence-corrected chi connectivity index (χ4v) is 2.65. The summed E-state index contributed by atoms with van der Waals surface area (Å²) in [6, 6.07) is 0. The lowest BCUT2D eigenvalue weighted by Crippen LogP contribution is -1.77. The third kappa shape index (κ3) is 1.20. The van der Waals surface area contributed by atoms with E-state index in [2.05, 4.69) is 0 Å². The van der Waals surface area contributed by atoms with Crippen LogP contribution in [0.4, 0.5) is 0 Å². The van der Waals surface area contributed by atoms with Gasteiger partial charge < -0.3 is 4.57 Å². The number of rotatable bonds is 0. The molecular weight excluding hydrogens is 130 g/mol. The molecule has 0 N–H and O–H groups in total. The Bertz CT molecular complexity index is 93.7. The quantitative estimate of drug-likeness (QED) is 0.369. The number of hydrogen-bond acceptors (Lipinski definition) is 1. The lowest BCUT2D eigenvalue weighted by atomic mass is 10.4. The molecule has 0 spiro atoms. The molecule has 1 aliphatic rings. The summed E-state index contributed by atoms with van der Waals surface area (Å²) in [7, 11) is -1.32. The highest BCUT2D eigenvalue weighted by Crippen LogP contribution is 2.41. The Balaban J connectivity index is 2.48. The molecule has 0 radical (unpaired) electrons. The molecule has 1 saturated heterocycles. The van der Waals surface area contributed by atoms with E-state index in [1.807, 2.05) is 0 Å². The van der Waals surface area contributed by atoms with E-state index in [9.17, 15) is 4.57 Å². The van der Waals surface area contributed by atoms with E-state index in [-0.39, 0.29) is 5.12 Å². The minimum absolute atomic E-state index is 0.0324. The van der Waals surface area contributed by atoms with Crippen LogP contribution in [0.3, 0.4) is 0 Å². The van der Waals surface area contributed by atoms with Gasteiger partial charge in [0.25, 0.3) is 0 Å². The maximum atomic E-state index is 10.6. The minimum atomic E-state index is -1.32. The normalized spacial score (nSPS) is 41.9. The average Bonchev–Trinajstić information content (AvgIpc) is 1.91. The molecular formula is C4H8ClOP. The molecule has 0 aromatic carbocycles. The third-order valence-electron chi connectivity index (χ3n) is 1.23. The molecule has 0 aromatic rings. The fourth-order valence-electron chi connectivity index (χ4n) is 0.773. The number of halogens is 1. The molecule has 0 aliphatic carbocycles. The predicted octanol–water partition coefficient (Wildman–Crippen LogP) is 1.90. The molecule has 42 valence electrons. The zero-order chi connectivity index (χ0) is 5.28. The molecule has 0 saturated carbocycles. The summed E-state index contributed by atoms with van der Waals surface area (Å²) in [6.07, 6.45) is 2.93. The minimum Gasteiger partial charge on any atom is -0.325 e. The first-order valence-corrected chi connectivity index (χ1v) is 4.60. The second-order valence-corrected chi connectivity index (χ2v) is 4.85. The molecule has 2 atom stereocenters. The van der Waals surface area contributed by atoms with Gasteiger partial charge in [-0.1, -0.05) is 0 Å². The van der Waals surface area contributed by atoms with Crippen molar-refractivity contribution in [2.24, 2.45) is 0 Å². The maximum absolute atomic E-state index is 10.6. The van der Waals surface area contributed by atoms with Crippen LogP contribution in [0, 0.1) is 0 Å². The largest absolute Gasteiger partial charge is 0.325 e. The van der Waals surface area contributed by atoms with Crippen LogP contribution in [-0.4, -0.2) is 11.3 Å². The monoisotopic (exact) mass is 138 g/mol. The number of alkyl halides is 1. The van der Waals surface area contributed by atoms with Gasteiger partial charge in [0.1, 0.15) is 0 Å². The lowest BCUT2D eigenvalue weighted by molar-refractivity contribution is 0.590. The van der Waals surface area contributed by atoms with Crippen molar-refractivity contribution in [3.05, 3.63) is 0 Å². The Morgan fingerprint density at radius 2 is 2.43 bits per heavy atom. The van der Waals surface area contributed by atoms with E-state index in [0.717, 1.165) is 19.0 Å². The molecule has 1 fully saturated rings. The van der Waals surface area contributed by atoms with Gasteiger partial charge in [-0.05, 0) is 19.0 Å². The highest BCUT2D eigenvalue weighted by molar-refractivity contribution is 7.48. The van der Waals surface area contributed by atoms with Gasteiger partial charge in [0.15, 0.2) is 0 Å². The van der Waals surface area contributed by atoms with E-state index in [4.69, 9.17) is 11.6 Å². The Labute approximate surface area is 48.8 Å². The summed E-state index contributed by atoms with van der Waals surface area (Å²) in [6.45, 7) is 0. The van der Waals surface area contributed by atoms with Crippen LogP contribution in [-0.2, 0) is 4.57 Å². The molecule has 1 heterocycles. The Morgan fingerprint density at radius 3 is 2.57 bits per heavy atom. The molecule has 1 aliphatic heterocycles. The van der Waals surface area contributed by atoms with Gasteiger partial charge in [0.05, 0.1) is 12.9 Å². The molecule has 2 unspecified atom stereocenters. The van der Waals surface area contributed by atoms with Crippen molar-refractivity contribution in [2.45, 2.75) is 18.0 Å². The zero-order valence-electron chi connectivity index (χ0n) is 3.98. The second kappa shape index (κ2) is 2.19. The van der Waals surface area contributed by atoms with E-state index in [1.54, 1.807) is 0 Å². The summed E-state index contributed by atoms with van der Waals surface area (Å²) in [4.78, 5) is 0. The Morgan fingerprint density at radius 1 is 1.71 bits per heavy atom. The zero-order valence-corrected chi connectivity index (χ0v) is 5.74. The Kier molecular flexibility index (Phi) is 1.77. The van der Waals surface area contributed by atoms with E-state index < -0.39 is 7.80 Å². The van der Waals surface area contributed by atoms with Crippen LogP contribution < -0.4 is 0 Å². The van der Waals surface area contributed by atoms with Gasteiger partial charge in [-0.2, -0.15) is 0 Å². The van der Waals surface area contributed by atoms with Gasteiger partial charge in [-0.25, -0.2) is 0 Å². The molecule has 0 bridgehead atoms. The first-order valence-electron chi connectivity index (χ1n) is 2.47. The van der Waals surface area contributed by atoms with Gasteiger partial charge in [0, 0.05) is 0 Å². The van der Waals surface area contributed by atoms with Crippen LogP contribution in [0.1, 0.15) is 12.8 Å². The van der Waals surface area contributed by atoms with Gasteiger partial charge in [0.2, 0.25) is 0 Å².